The van der Waals surface area contributed by atoms with Crippen molar-refractivity contribution in [2.45, 2.75) is 38.4 Å². The zero-order chi connectivity index (χ0) is 16.7. The molecule has 130 valence electrons. The second-order valence-electron chi connectivity index (χ2n) is 4.20. The first-order chi connectivity index (χ1) is 9.76. The molecule has 0 aromatic carbocycles. The van der Waals surface area contributed by atoms with Crippen molar-refractivity contribution in [3.05, 3.63) is 0 Å². The van der Waals surface area contributed by atoms with E-state index in [4.69, 9.17) is 25.2 Å². The van der Waals surface area contributed by atoms with E-state index < -0.39 is 26.6 Å². The molecule has 0 saturated heterocycles. The first-order valence-electron chi connectivity index (χ1n) is 6.59. The molecule has 0 spiro atoms. The monoisotopic (exact) mass is 378 g/mol. The minimum Gasteiger partial charge on any atom is -0.790 e. The molecule has 0 fully saturated rings. The zero-order valence-electron chi connectivity index (χ0n) is 14.1. The fourth-order valence-corrected chi connectivity index (χ4v) is 1.31. The van der Waals surface area contributed by atoms with Crippen LogP contribution in [0.1, 0.15) is 26.2 Å². The number of rotatable bonds is 11. The standard InChI is InChI=1S/C8H19O6P.C3H8O3.2Na/c1-2-3-4-5-13-6-8(9)7-14-15(10,11)12;4-1-3(6)2-5;;/h8-9H,2-7H2,1H3,(H2,10,11,12);3-6H,1-2H2;;/q;;2*+1/p-2. The summed E-state index contributed by atoms with van der Waals surface area (Å²) < 4.78 is 19.0. The number of phosphoric ester groups is 1. The molecule has 0 aliphatic rings. The van der Waals surface area contributed by atoms with E-state index >= 15 is 0 Å². The summed E-state index contributed by atoms with van der Waals surface area (Å²) in [6.07, 6.45) is 0.979. The van der Waals surface area contributed by atoms with Gasteiger partial charge in [-0.2, -0.15) is 0 Å². The minimum absolute atomic E-state index is 0. The number of aliphatic hydroxyl groups is 4. The summed E-state index contributed by atoms with van der Waals surface area (Å²) >= 11 is 0. The number of aliphatic hydroxyl groups excluding tert-OH is 4. The third-order valence-corrected chi connectivity index (χ3v) is 2.51. The van der Waals surface area contributed by atoms with E-state index in [-0.39, 0.29) is 78.9 Å². The molecule has 9 nitrogen and oxygen atoms in total. The Morgan fingerprint density at radius 1 is 1.00 bits per heavy atom. The molecule has 0 bridgehead atoms. The molecule has 0 amide bonds. The summed E-state index contributed by atoms with van der Waals surface area (Å²) in [5.41, 5.74) is 0. The SMILES string of the molecule is CCCCCOCC(O)COP(=O)([O-])[O-].OCC(O)CO.[Na+].[Na+]. The van der Waals surface area contributed by atoms with Crippen LogP contribution >= 0.6 is 7.82 Å². The van der Waals surface area contributed by atoms with Crippen LogP contribution in [-0.2, 0) is 13.8 Å². The minimum atomic E-state index is -4.98. The number of ether oxygens (including phenoxy) is 1. The molecule has 0 aliphatic heterocycles. The average Bonchev–Trinajstić information content (AvgIpc) is 2.44. The first kappa shape index (κ1) is 32.6. The number of unbranched alkanes of at least 4 members (excludes halogenated alkanes) is 2. The van der Waals surface area contributed by atoms with Gasteiger partial charge in [-0.15, -0.1) is 0 Å². The summed E-state index contributed by atoms with van der Waals surface area (Å²) in [6, 6.07) is 0. The molecule has 23 heavy (non-hydrogen) atoms. The van der Waals surface area contributed by atoms with Gasteiger partial charge in [-0.25, -0.2) is 0 Å². The van der Waals surface area contributed by atoms with Crippen LogP contribution in [0.4, 0.5) is 0 Å². The fourth-order valence-electron chi connectivity index (χ4n) is 0.957. The Morgan fingerprint density at radius 3 is 1.87 bits per heavy atom. The molecule has 12 heteroatoms. The van der Waals surface area contributed by atoms with Crippen molar-refractivity contribution >= 4 is 7.82 Å². The van der Waals surface area contributed by atoms with E-state index in [1.807, 2.05) is 0 Å². The van der Waals surface area contributed by atoms with Gasteiger partial charge in [-0.3, -0.25) is 0 Å². The van der Waals surface area contributed by atoms with Gasteiger partial charge in [0.05, 0.1) is 34.3 Å². The van der Waals surface area contributed by atoms with Crippen molar-refractivity contribution in [3.63, 3.8) is 0 Å². The molecule has 0 aromatic heterocycles. The van der Waals surface area contributed by atoms with Gasteiger partial charge >= 0.3 is 59.1 Å². The summed E-state index contributed by atoms with van der Waals surface area (Å²) in [4.78, 5) is 20.1. The van der Waals surface area contributed by atoms with E-state index in [0.717, 1.165) is 19.3 Å². The van der Waals surface area contributed by atoms with E-state index in [1.165, 1.54) is 0 Å². The van der Waals surface area contributed by atoms with Crippen LogP contribution in [0.25, 0.3) is 0 Å². The Labute approximate surface area is 181 Å². The van der Waals surface area contributed by atoms with Gasteiger partial charge in [0.15, 0.2) is 0 Å². The van der Waals surface area contributed by atoms with Gasteiger partial charge < -0.3 is 44.0 Å². The third kappa shape index (κ3) is 32.1. The quantitative estimate of drug-likeness (QED) is 0.155. The van der Waals surface area contributed by atoms with Gasteiger partial charge in [-0.05, 0) is 6.42 Å². The van der Waals surface area contributed by atoms with Gasteiger partial charge in [0.25, 0.3) is 0 Å². The molecule has 0 heterocycles. The van der Waals surface area contributed by atoms with Crippen molar-refractivity contribution in [1.82, 2.24) is 0 Å². The van der Waals surface area contributed by atoms with Gasteiger partial charge in [0.2, 0.25) is 0 Å². The van der Waals surface area contributed by atoms with Crippen molar-refractivity contribution in [1.29, 1.82) is 0 Å². The molecular weight excluding hydrogens is 353 g/mol. The van der Waals surface area contributed by atoms with E-state index in [2.05, 4.69) is 11.4 Å². The average molecular weight is 378 g/mol. The van der Waals surface area contributed by atoms with Crippen LogP contribution in [-0.4, -0.2) is 65.7 Å². The number of hydrogen-bond donors (Lipinski definition) is 4. The molecule has 0 rings (SSSR count). The summed E-state index contributed by atoms with van der Waals surface area (Å²) in [5, 5.41) is 33.1. The van der Waals surface area contributed by atoms with Crippen molar-refractivity contribution in [2.75, 3.05) is 33.0 Å². The molecule has 1 unspecified atom stereocenters. The number of hydrogen-bond acceptors (Lipinski definition) is 9. The molecule has 0 aliphatic carbocycles. The van der Waals surface area contributed by atoms with Crippen LogP contribution in [0.3, 0.4) is 0 Å². The van der Waals surface area contributed by atoms with Crippen molar-refractivity contribution < 1.29 is 103 Å². The van der Waals surface area contributed by atoms with Crippen molar-refractivity contribution in [3.8, 4) is 0 Å². The second kappa shape index (κ2) is 22.0. The summed E-state index contributed by atoms with van der Waals surface area (Å²) in [5.74, 6) is 0. The van der Waals surface area contributed by atoms with Crippen LogP contribution in [0.15, 0.2) is 0 Å². The normalized spacial score (nSPS) is 11.8. The third-order valence-electron chi connectivity index (χ3n) is 2.05. The molecule has 0 aromatic rings. The maximum Gasteiger partial charge on any atom is 1.00 e. The zero-order valence-corrected chi connectivity index (χ0v) is 19.0. The maximum atomic E-state index is 10.0. The molecule has 0 saturated carbocycles. The molecule has 4 N–H and O–H groups in total. The van der Waals surface area contributed by atoms with Crippen LogP contribution in [0.2, 0.25) is 0 Å². The maximum absolute atomic E-state index is 10.0. The van der Waals surface area contributed by atoms with Crippen LogP contribution in [0.5, 0.6) is 0 Å². The Balaban J connectivity index is -0.000000194. The molecular formula is C11H25Na2O9P. The van der Waals surface area contributed by atoms with E-state index in [1.54, 1.807) is 0 Å². The Kier molecular flexibility index (Phi) is 31.1. The fraction of sp³-hybridized carbons (Fsp3) is 1.00. The van der Waals surface area contributed by atoms with E-state index in [0.29, 0.717) is 6.61 Å². The van der Waals surface area contributed by atoms with Gasteiger partial charge in [0, 0.05) is 6.61 Å². The smallest absolute Gasteiger partial charge is 0.790 e. The van der Waals surface area contributed by atoms with E-state index in [9.17, 15) is 14.4 Å². The topological polar surface area (TPSA) is 163 Å². The Bertz CT molecular complexity index is 264. The molecule has 0 radical (unpaired) electrons. The van der Waals surface area contributed by atoms with Crippen LogP contribution in [0, 0.1) is 0 Å². The second-order valence-corrected chi connectivity index (χ2v) is 5.35. The Morgan fingerprint density at radius 2 is 1.52 bits per heavy atom. The number of phosphoric acid groups is 1. The van der Waals surface area contributed by atoms with Gasteiger partial charge in [-0.1, -0.05) is 19.8 Å². The summed E-state index contributed by atoms with van der Waals surface area (Å²) in [7, 11) is -4.98. The summed E-state index contributed by atoms with van der Waals surface area (Å²) in [6.45, 7) is 1.27. The van der Waals surface area contributed by atoms with Crippen molar-refractivity contribution in [2.24, 2.45) is 0 Å². The molecule has 1 atom stereocenters. The van der Waals surface area contributed by atoms with Crippen LogP contribution < -0.4 is 68.9 Å². The Hall–Kier alpha value is 1.91. The predicted octanol–water partition coefficient (Wildman–Crippen LogP) is -8.26. The predicted molar refractivity (Wildman–Crippen MR) is 70.1 cm³/mol. The largest absolute Gasteiger partial charge is 1.00 e. The first-order valence-corrected chi connectivity index (χ1v) is 8.05. The van der Waals surface area contributed by atoms with Gasteiger partial charge in [0.1, 0.15) is 12.2 Å².